The third kappa shape index (κ3) is 5.53. The molecule has 2 N–H and O–H groups in total. The van der Waals surface area contributed by atoms with Crippen molar-refractivity contribution in [2.75, 3.05) is 21.3 Å². The van der Waals surface area contributed by atoms with E-state index in [0.717, 1.165) is 44.2 Å². The molecule has 5 heterocycles. The molecule has 1 aromatic heterocycles. The van der Waals surface area contributed by atoms with Gasteiger partial charge in [-0.2, -0.15) is 0 Å². The van der Waals surface area contributed by atoms with Crippen LogP contribution in [0.4, 0.5) is 28.4 Å². The standard InChI is InChI=1S/C50H44N6O6/c1-29-45(49(2,3)61)42(22-24-53-28-33(23-25-57)51-52-53)62-50(29)38-26-35(56-41-15-7-11-32-9-5-13-37(44(32)41)47(56)59)20-21-39(38)54(48(50)60)27-30-16-18-34(19-17-30)55-40-14-6-10-31-8-4-12-36(43(31)40)46(55)58/h4-21,26,28-29,42,45,57,61H,22-25,27H2,1-3H3/t29-,42+,45-,50+/m1/s1. The van der Waals surface area contributed by atoms with Gasteiger partial charge in [-0.1, -0.05) is 72.8 Å². The van der Waals surface area contributed by atoms with Crippen molar-refractivity contribution in [1.29, 1.82) is 0 Å². The zero-order valence-corrected chi connectivity index (χ0v) is 34.5. The van der Waals surface area contributed by atoms with Crippen LogP contribution in [-0.4, -0.2) is 61.2 Å². The summed E-state index contributed by atoms with van der Waals surface area (Å²) in [5, 5.41) is 33.5. The summed E-state index contributed by atoms with van der Waals surface area (Å²) in [5.41, 5.74) is 4.31. The first-order valence-electron chi connectivity index (χ1n) is 21.2. The molecule has 4 atom stereocenters. The number of ether oxygens (including phenoxy) is 1. The first-order valence-corrected chi connectivity index (χ1v) is 21.2. The number of aromatic nitrogens is 3. The normalized spacial score (nSPS) is 21.5. The first-order chi connectivity index (χ1) is 30.0. The van der Waals surface area contributed by atoms with Gasteiger partial charge in [-0.25, -0.2) is 0 Å². The second kappa shape index (κ2) is 13.9. The number of carbonyl (C=O) groups excluding carboxylic acids is 3. The monoisotopic (exact) mass is 824 g/mol. The number of nitrogens with zero attached hydrogens (tertiary/aromatic N) is 6. The van der Waals surface area contributed by atoms with E-state index in [1.54, 1.807) is 39.4 Å². The minimum Gasteiger partial charge on any atom is -0.396 e. The largest absolute Gasteiger partial charge is 0.396 e. The van der Waals surface area contributed by atoms with E-state index in [-0.39, 0.29) is 30.9 Å². The number of aryl methyl sites for hydroxylation is 1. The minimum absolute atomic E-state index is 0.0383. The van der Waals surface area contributed by atoms with Gasteiger partial charge in [0.05, 0.1) is 52.1 Å². The predicted molar refractivity (Wildman–Crippen MR) is 236 cm³/mol. The molecule has 1 spiro atoms. The second-order valence-corrected chi connectivity index (χ2v) is 17.5. The van der Waals surface area contributed by atoms with E-state index >= 15 is 4.79 Å². The summed E-state index contributed by atoms with van der Waals surface area (Å²) in [7, 11) is 0. The molecular formula is C50H44N6O6. The summed E-state index contributed by atoms with van der Waals surface area (Å²) in [5.74, 6) is -1.45. The molecule has 1 saturated heterocycles. The number of hydrogen-bond donors (Lipinski definition) is 2. The highest BCUT2D eigenvalue weighted by molar-refractivity contribution is 6.29. The Morgan fingerprint density at radius 3 is 1.97 bits per heavy atom. The van der Waals surface area contributed by atoms with Crippen molar-refractivity contribution in [3.8, 4) is 0 Å². The molecule has 62 heavy (non-hydrogen) atoms. The molecule has 7 aromatic rings. The number of rotatable bonds is 10. The fourth-order valence-electron chi connectivity index (χ4n) is 10.8. The lowest BCUT2D eigenvalue weighted by Gasteiger charge is -2.34. The molecule has 4 aliphatic rings. The van der Waals surface area contributed by atoms with Gasteiger partial charge in [0.2, 0.25) is 0 Å². The molecule has 0 bridgehead atoms. The molecule has 1 fully saturated rings. The Hall–Kier alpha value is -6.73. The summed E-state index contributed by atoms with van der Waals surface area (Å²) in [6, 6.07) is 36.8. The zero-order valence-electron chi connectivity index (χ0n) is 34.5. The fraction of sp³-hybridized carbons (Fsp3) is 0.260. The van der Waals surface area contributed by atoms with Gasteiger partial charge in [-0.3, -0.25) is 28.9 Å². The number of benzene rings is 6. The average Bonchev–Trinajstić information content (AvgIpc) is 4.04. The molecule has 310 valence electrons. The van der Waals surface area contributed by atoms with E-state index in [9.17, 15) is 19.8 Å². The molecule has 11 rings (SSSR count). The molecule has 12 heteroatoms. The second-order valence-electron chi connectivity index (χ2n) is 17.5. The van der Waals surface area contributed by atoms with Gasteiger partial charge >= 0.3 is 0 Å². The summed E-state index contributed by atoms with van der Waals surface area (Å²) in [6.07, 6.45) is 2.05. The molecule has 12 nitrogen and oxygen atoms in total. The number of hydrogen-bond acceptors (Lipinski definition) is 8. The van der Waals surface area contributed by atoms with Gasteiger partial charge in [-0.15, -0.1) is 5.10 Å². The smallest absolute Gasteiger partial charge is 0.264 e. The van der Waals surface area contributed by atoms with Crippen molar-refractivity contribution in [3.05, 3.63) is 149 Å². The third-order valence-electron chi connectivity index (χ3n) is 13.5. The van der Waals surface area contributed by atoms with E-state index in [2.05, 4.69) is 10.3 Å². The zero-order chi connectivity index (χ0) is 42.7. The van der Waals surface area contributed by atoms with Crippen molar-refractivity contribution >= 4 is 67.7 Å². The Bertz CT molecular complexity index is 3000. The SMILES string of the molecule is C[C@@H]1[C@@H](C(C)(C)O)[C@H](CCn2cc(CCO)nn2)O[C@@]12C(=O)N(Cc1ccc(N3C(=O)c4cccc5cccc3c45)cc1)c1ccc(N3C(=O)c4cccc5cccc3c45)cc12. The van der Waals surface area contributed by atoms with Crippen LogP contribution in [0, 0.1) is 11.8 Å². The van der Waals surface area contributed by atoms with Crippen LogP contribution >= 0.6 is 0 Å². The maximum absolute atomic E-state index is 15.5. The van der Waals surface area contributed by atoms with Crippen LogP contribution in [0.2, 0.25) is 0 Å². The molecule has 0 saturated carbocycles. The lowest BCUT2D eigenvalue weighted by Crippen LogP contribution is -2.46. The van der Waals surface area contributed by atoms with E-state index in [1.807, 2.05) is 122 Å². The molecule has 0 aliphatic carbocycles. The summed E-state index contributed by atoms with van der Waals surface area (Å²) in [6.45, 7) is 6.10. The van der Waals surface area contributed by atoms with E-state index in [1.165, 1.54) is 0 Å². The van der Waals surface area contributed by atoms with Crippen LogP contribution in [0.1, 0.15) is 64.7 Å². The average molecular weight is 825 g/mol. The molecule has 6 aromatic carbocycles. The number of aliphatic hydroxyl groups excluding tert-OH is 1. The number of carbonyl (C=O) groups is 3. The number of amides is 3. The lowest BCUT2D eigenvalue weighted by molar-refractivity contribution is -0.146. The van der Waals surface area contributed by atoms with Gasteiger partial charge in [0.1, 0.15) is 0 Å². The van der Waals surface area contributed by atoms with Crippen molar-refractivity contribution in [2.45, 2.75) is 64.0 Å². The summed E-state index contributed by atoms with van der Waals surface area (Å²) < 4.78 is 8.87. The van der Waals surface area contributed by atoms with Crippen LogP contribution in [0.3, 0.4) is 0 Å². The summed E-state index contributed by atoms with van der Waals surface area (Å²) in [4.78, 5) is 48.6. The van der Waals surface area contributed by atoms with Crippen LogP contribution in [-0.2, 0) is 34.6 Å². The van der Waals surface area contributed by atoms with E-state index < -0.39 is 29.1 Å². The number of anilines is 5. The molecule has 0 radical (unpaired) electrons. The Labute approximate surface area is 357 Å². The van der Waals surface area contributed by atoms with Crippen LogP contribution in [0.15, 0.2) is 121 Å². The van der Waals surface area contributed by atoms with Gasteiger partial charge in [0.25, 0.3) is 17.7 Å². The van der Waals surface area contributed by atoms with Gasteiger partial charge in [-0.05, 0) is 91.2 Å². The highest BCUT2D eigenvalue weighted by atomic mass is 16.5. The quantitative estimate of drug-likeness (QED) is 0.142. The summed E-state index contributed by atoms with van der Waals surface area (Å²) >= 11 is 0. The van der Waals surface area contributed by atoms with Gasteiger partial charge in [0.15, 0.2) is 5.60 Å². The maximum Gasteiger partial charge on any atom is 0.264 e. The molecule has 0 unspecified atom stereocenters. The van der Waals surface area contributed by atoms with Crippen molar-refractivity contribution in [3.63, 3.8) is 0 Å². The van der Waals surface area contributed by atoms with Crippen LogP contribution < -0.4 is 14.7 Å². The molecular weight excluding hydrogens is 781 g/mol. The van der Waals surface area contributed by atoms with E-state index in [4.69, 9.17) is 4.74 Å². The fourth-order valence-corrected chi connectivity index (χ4v) is 10.8. The molecule has 4 aliphatic heterocycles. The lowest BCUT2D eigenvalue weighted by atomic mass is 9.70. The number of fused-ring (bicyclic) bond motifs is 2. The Morgan fingerprint density at radius 2 is 1.35 bits per heavy atom. The van der Waals surface area contributed by atoms with Crippen LogP contribution in [0.5, 0.6) is 0 Å². The third-order valence-corrected chi connectivity index (χ3v) is 13.5. The van der Waals surface area contributed by atoms with Gasteiger partial charge < -0.3 is 19.8 Å². The number of aliphatic hydroxyl groups is 2. The van der Waals surface area contributed by atoms with Crippen molar-refractivity contribution in [2.24, 2.45) is 11.8 Å². The highest BCUT2D eigenvalue weighted by Crippen LogP contribution is 2.59. The maximum atomic E-state index is 15.5. The van der Waals surface area contributed by atoms with Gasteiger partial charge in [0, 0.05) is 65.3 Å². The van der Waals surface area contributed by atoms with E-state index in [0.29, 0.717) is 53.1 Å². The van der Waals surface area contributed by atoms with Crippen LogP contribution in [0.25, 0.3) is 21.5 Å². The first kappa shape index (κ1) is 38.2. The highest BCUT2D eigenvalue weighted by Gasteiger charge is 2.66. The van der Waals surface area contributed by atoms with Crippen molar-refractivity contribution in [1.82, 2.24) is 15.0 Å². The Kier molecular flexibility index (Phi) is 8.56. The minimum atomic E-state index is -1.50. The molecule has 3 amide bonds. The Balaban J connectivity index is 0.977. The topological polar surface area (TPSA) is 141 Å². The Morgan fingerprint density at radius 1 is 0.758 bits per heavy atom. The predicted octanol–water partition coefficient (Wildman–Crippen LogP) is 7.96. The van der Waals surface area contributed by atoms with Crippen molar-refractivity contribution < 1.29 is 29.3 Å².